The van der Waals surface area contributed by atoms with Gasteiger partial charge in [0.25, 0.3) is 0 Å². The van der Waals surface area contributed by atoms with Gasteiger partial charge in [-0.15, -0.1) is 0 Å². The number of benzene rings is 1. The molecule has 1 aromatic rings. The van der Waals surface area contributed by atoms with E-state index >= 15 is 0 Å². The van der Waals surface area contributed by atoms with Crippen molar-refractivity contribution in [2.75, 3.05) is 13.2 Å². The van der Waals surface area contributed by atoms with Crippen molar-refractivity contribution < 1.29 is 9.84 Å². The molecule has 2 atom stereocenters. The zero-order valence-electron chi connectivity index (χ0n) is 8.83. The normalized spacial score (nSPS) is 25.7. The van der Waals surface area contributed by atoms with E-state index in [0.717, 1.165) is 5.56 Å². The molecule has 1 aliphatic heterocycles. The first-order chi connectivity index (χ1) is 7.68. The maximum atomic E-state index is 9.83. The molecule has 0 saturated carbocycles. The summed E-state index contributed by atoms with van der Waals surface area (Å²) in [4.78, 5) is 0. The first kappa shape index (κ1) is 12.2. The fourth-order valence-corrected chi connectivity index (χ4v) is 2.37. The van der Waals surface area contributed by atoms with E-state index in [9.17, 15) is 5.11 Å². The topological polar surface area (TPSA) is 29.5 Å². The summed E-state index contributed by atoms with van der Waals surface area (Å²) < 4.78 is 5.36. The van der Waals surface area contributed by atoms with Crippen molar-refractivity contribution in [1.29, 1.82) is 0 Å². The molecule has 4 heteroatoms. The van der Waals surface area contributed by atoms with Crippen LogP contribution in [0, 0.1) is 5.92 Å². The predicted octanol–water partition coefficient (Wildman–Crippen LogP) is 2.93. The quantitative estimate of drug-likeness (QED) is 0.886. The van der Waals surface area contributed by atoms with Crippen LogP contribution in [0.3, 0.4) is 0 Å². The highest BCUT2D eigenvalue weighted by Gasteiger charge is 2.24. The van der Waals surface area contributed by atoms with Crippen LogP contribution in [0.15, 0.2) is 18.2 Å². The number of hydrogen-bond acceptors (Lipinski definition) is 2. The van der Waals surface area contributed by atoms with Crippen molar-refractivity contribution in [2.24, 2.45) is 5.92 Å². The highest BCUT2D eigenvalue weighted by Crippen LogP contribution is 2.29. The molecule has 0 amide bonds. The van der Waals surface area contributed by atoms with Crippen LogP contribution in [0.25, 0.3) is 0 Å². The molecule has 88 valence electrons. The molecule has 0 radical (unpaired) electrons. The van der Waals surface area contributed by atoms with Crippen LogP contribution < -0.4 is 0 Å². The van der Waals surface area contributed by atoms with Gasteiger partial charge in [0.2, 0.25) is 0 Å². The first-order valence-electron chi connectivity index (χ1n) is 5.37. The zero-order valence-corrected chi connectivity index (χ0v) is 10.3. The third-order valence-corrected chi connectivity index (χ3v) is 3.81. The van der Waals surface area contributed by atoms with E-state index in [1.165, 1.54) is 0 Å². The average Bonchev–Trinajstić information content (AvgIpc) is 2.28. The second-order valence-corrected chi connectivity index (χ2v) is 4.89. The summed E-state index contributed by atoms with van der Waals surface area (Å²) in [7, 11) is 0. The van der Waals surface area contributed by atoms with E-state index in [1.54, 1.807) is 6.07 Å². The van der Waals surface area contributed by atoms with E-state index in [2.05, 4.69) is 0 Å². The van der Waals surface area contributed by atoms with E-state index in [4.69, 9.17) is 27.9 Å². The molecule has 2 rings (SSSR count). The largest absolute Gasteiger partial charge is 0.393 e. The molecule has 0 bridgehead atoms. The molecule has 2 unspecified atom stereocenters. The minimum Gasteiger partial charge on any atom is -0.393 e. The Bertz CT molecular complexity index is 368. The Balaban J connectivity index is 2.10. The average molecular weight is 261 g/mol. The lowest BCUT2D eigenvalue weighted by molar-refractivity contribution is -0.0350. The van der Waals surface area contributed by atoms with Crippen molar-refractivity contribution >= 4 is 23.2 Å². The van der Waals surface area contributed by atoms with Crippen molar-refractivity contribution in [3.8, 4) is 0 Å². The molecular weight excluding hydrogens is 247 g/mol. The molecule has 2 nitrogen and oxygen atoms in total. The van der Waals surface area contributed by atoms with Crippen LogP contribution in [-0.2, 0) is 11.2 Å². The number of aliphatic hydroxyl groups is 1. The molecule has 0 spiro atoms. The zero-order chi connectivity index (χ0) is 11.5. The SMILES string of the molecule is OC1CCOCC1Cc1cccc(Cl)c1Cl. The lowest BCUT2D eigenvalue weighted by Gasteiger charge is -2.28. The van der Waals surface area contributed by atoms with Gasteiger partial charge in [-0.25, -0.2) is 0 Å². The minimum atomic E-state index is -0.302. The molecular formula is C12H14Cl2O2. The van der Waals surface area contributed by atoms with Gasteiger partial charge in [0.1, 0.15) is 0 Å². The molecule has 1 heterocycles. The van der Waals surface area contributed by atoms with Gasteiger partial charge in [-0.2, -0.15) is 0 Å². The van der Waals surface area contributed by atoms with Crippen LogP contribution in [0.4, 0.5) is 0 Å². The number of halogens is 2. The van der Waals surface area contributed by atoms with Gasteiger partial charge >= 0.3 is 0 Å². The third kappa shape index (κ3) is 2.69. The Kier molecular flexibility index (Phi) is 4.09. The molecule has 1 saturated heterocycles. The van der Waals surface area contributed by atoms with E-state index in [-0.39, 0.29) is 12.0 Å². The summed E-state index contributed by atoms with van der Waals surface area (Å²) in [6, 6.07) is 5.58. The summed E-state index contributed by atoms with van der Waals surface area (Å²) in [6.45, 7) is 1.23. The van der Waals surface area contributed by atoms with Crippen LogP contribution in [0.2, 0.25) is 10.0 Å². The predicted molar refractivity (Wildman–Crippen MR) is 65.1 cm³/mol. The monoisotopic (exact) mass is 260 g/mol. The van der Waals surface area contributed by atoms with Gasteiger partial charge in [-0.05, 0) is 24.5 Å². The Morgan fingerprint density at radius 3 is 2.94 bits per heavy atom. The maximum absolute atomic E-state index is 9.83. The fraction of sp³-hybridized carbons (Fsp3) is 0.500. The molecule has 0 aliphatic carbocycles. The van der Waals surface area contributed by atoms with Gasteiger partial charge in [-0.3, -0.25) is 0 Å². The lowest BCUT2D eigenvalue weighted by atomic mass is 9.91. The summed E-state index contributed by atoms with van der Waals surface area (Å²) in [5, 5.41) is 11.0. The molecule has 1 aliphatic rings. The third-order valence-electron chi connectivity index (χ3n) is 2.95. The van der Waals surface area contributed by atoms with Crippen molar-refractivity contribution in [2.45, 2.75) is 18.9 Å². The van der Waals surface area contributed by atoms with Crippen molar-refractivity contribution in [3.05, 3.63) is 33.8 Å². The van der Waals surface area contributed by atoms with Gasteiger partial charge in [0.05, 0.1) is 22.8 Å². The van der Waals surface area contributed by atoms with Crippen LogP contribution in [0.1, 0.15) is 12.0 Å². The van der Waals surface area contributed by atoms with E-state index in [1.807, 2.05) is 12.1 Å². The number of rotatable bonds is 2. The van der Waals surface area contributed by atoms with Gasteiger partial charge < -0.3 is 9.84 Å². The molecule has 1 aromatic carbocycles. The maximum Gasteiger partial charge on any atom is 0.0624 e. The summed E-state index contributed by atoms with van der Waals surface area (Å²) >= 11 is 12.0. The molecule has 16 heavy (non-hydrogen) atoms. The number of hydrogen-bond donors (Lipinski definition) is 1. The van der Waals surface area contributed by atoms with Crippen molar-refractivity contribution in [3.63, 3.8) is 0 Å². The lowest BCUT2D eigenvalue weighted by Crippen LogP contribution is -2.33. The first-order valence-corrected chi connectivity index (χ1v) is 6.13. The molecule has 1 fully saturated rings. The summed E-state index contributed by atoms with van der Waals surface area (Å²) in [5.41, 5.74) is 0.976. The molecule has 1 N–H and O–H groups in total. The highest BCUT2D eigenvalue weighted by atomic mass is 35.5. The second-order valence-electron chi connectivity index (χ2n) is 4.11. The van der Waals surface area contributed by atoms with Gasteiger partial charge in [0.15, 0.2) is 0 Å². The minimum absolute atomic E-state index is 0.115. The molecule has 0 aromatic heterocycles. The highest BCUT2D eigenvalue weighted by molar-refractivity contribution is 6.42. The Morgan fingerprint density at radius 1 is 1.38 bits per heavy atom. The number of aliphatic hydroxyl groups excluding tert-OH is 1. The summed E-state index contributed by atoms with van der Waals surface area (Å²) in [6.07, 6.45) is 1.10. The van der Waals surface area contributed by atoms with Crippen molar-refractivity contribution in [1.82, 2.24) is 0 Å². The smallest absolute Gasteiger partial charge is 0.0624 e. The summed E-state index contributed by atoms with van der Waals surface area (Å²) in [5.74, 6) is 0.115. The van der Waals surface area contributed by atoms with Crippen LogP contribution >= 0.6 is 23.2 Å². The fourth-order valence-electron chi connectivity index (χ4n) is 1.97. The Hall–Kier alpha value is -0.280. The van der Waals surface area contributed by atoms with Gasteiger partial charge in [-0.1, -0.05) is 35.3 Å². The number of ether oxygens (including phenoxy) is 1. The Morgan fingerprint density at radius 2 is 2.19 bits per heavy atom. The standard InChI is InChI=1S/C12H14Cl2O2/c13-10-3-1-2-8(12(10)14)6-9-7-16-5-4-11(9)15/h1-3,9,11,15H,4-7H2. The second kappa shape index (κ2) is 5.37. The Labute approximate surface area is 105 Å². The van der Waals surface area contributed by atoms with Crippen LogP contribution in [0.5, 0.6) is 0 Å². The van der Waals surface area contributed by atoms with Crippen LogP contribution in [-0.4, -0.2) is 24.4 Å². The van der Waals surface area contributed by atoms with E-state index in [0.29, 0.717) is 36.1 Å². The van der Waals surface area contributed by atoms with E-state index < -0.39 is 0 Å². The van der Waals surface area contributed by atoms with Gasteiger partial charge in [0, 0.05) is 12.5 Å².